The number of aryl methyl sites for hydroxylation is 2. The molecule has 0 saturated heterocycles. The normalized spacial score (nSPS) is 13.7. The van der Waals surface area contributed by atoms with Crippen molar-refractivity contribution in [3.8, 4) is 0 Å². The highest BCUT2D eigenvalue weighted by molar-refractivity contribution is 7.18. The molecule has 0 aliphatic heterocycles. The average molecular weight is 417 g/mol. The first-order valence-electron chi connectivity index (χ1n) is 10.5. The van der Waals surface area contributed by atoms with E-state index in [-0.39, 0.29) is 5.56 Å². The van der Waals surface area contributed by atoms with E-state index in [1.54, 1.807) is 22.1 Å². The molecule has 152 valence electrons. The van der Waals surface area contributed by atoms with Crippen LogP contribution in [0.1, 0.15) is 40.8 Å². The molecule has 1 N–H and O–H groups in total. The van der Waals surface area contributed by atoms with Crippen molar-refractivity contribution < 1.29 is 0 Å². The fourth-order valence-electron chi connectivity index (χ4n) is 4.15. The second-order valence-corrected chi connectivity index (χ2v) is 8.86. The van der Waals surface area contributed by atoms with E-state index < -0.39 is 0 Å². The van der Waals surface area contributed by atoms with Gasteiger partial charge in [0.1, 0.15) is 4.83 Å². The van der Waals surface area contributed by atoms with E-state index in [4.69, 9.17) is 4.98 Å². The molecule has 4 aromatic rings. The van der Waals surface area contributed by atoms with E-state index in [0.717, 1.165) is 40.6 Å². The Hall–Kier alpha value is -2.99. The van der Waals surface area contributed by atoms with Crippen LogP contribution in [0.5, 0.6) is 0 Å². The summed E-state index contributed by atoms with van der Waals surface area (Å²) in [6, 6.07) is 14.0. The van der Waals surface area contributed by atoms with Gasteiger partial charge in [0.05, 0.1) is 11.9 Å². The van der Waals surface area contributed by atoms with Crippen molar-refractivity contribution in [2.24, 2.45) is 0 Å². The van der Waals surface area contributed by atoms with Crippen molar-refractivity contribution in [1.29, 1.82) is 0 Å². The molecule has 0 unspecified atom stereocenters. The van der Waals surface area contributed by atoms with E-state index >= 15 is 0 Å². The molecule has 0 amide bonds. The lowest BCUT2D eigenvalue weighted by Gasteiger charge is -2.14. The summed E-state index contributed by atoms with van der Waals surface area (Å²) in [5, 5.41) is 4.23. The van der Waals surface area contributed by atoms with Gasteiger partial charge in [0.2, 0.25) is 5.95 Å². The Morgan fingerprint density at radius 2 is 1.83 bits per heavy atom. The molecule has 5 nitrogen and oxygen atoms in total. The van der Waals surface area contributed by atoms with Gasteiger partial charge in [-0.3, -0.25) is 14.3 Å². The third-order valence-electron chi connectivity index (χ3n) is 5.68. The summed E-state index contributed by atoms with van der Waals surface area (Å²) in [7, 11) is 0. The van der Waals surface area contributed by atoms with Gasteiger partial charge in [0, 0.05) is 23.8 Å². The summed E-state index contributed by atoms with van der Waals surface area (Å²) in [6.45, 7) is 1.08. The highest BCUT2D eigenvalue weighted by Gasteiger charge is 2.21. The number of nitrogens with zero attached hydrogens (tertiary/aromatic N) is 3. The predicted molar refractivity (Wildman–Crippen MR) is 122 cm³/mol. The zero-order chi connectivity index (χ0) is 20.3. The van der Waals surface area contributed by atoms with Gasteiger partial charge >= 0.3 is 0 Å². The monoisotopic (exact) mass is 416 g/mol. The molecule has 0 radical (unpaired) electrons. The zero-order valence-electron chi connectivity index (χ0n) is 16.8. The second kappa shape index (κ2) is 8.40. The molecule has 3 aromatic heterocycles. The summed E-state index contributed by atoms with van der Waals surface area (Å²) >= 11 is 1.70. The number of aromatic nitrogens is 3. The smallest absolute Gasteiger partial charge is 0.264 e. The maximum atomic E-state index is 13.7. The van der Waals surface area contributed by atoms with E-state index in [9.17, 15) is 4.79 Å². The number of pyridine rings is 1. The molecule has 0 spiro atoms. The minimum absolute atomic E-state index is 0.0666. The number of thiophene rings is 1. The van der Waals surface area contributed by atoms with E-state index in [1.165, 1.54) is 23.3 Å². The van der Waals surface area contributed by atoms with Crippen LogP contribution in [-0.4, -0.2) is 14.5 Å². The molecule has 5 rings (SSSR count). The Bertz CT molecular complexity index is 1210. The Morgan fingerprint density at radius 1 is 1.00 bits per heavy atom. The summed E-state index contributed by atoms with van der Waals surface area (Å²) in [5.74, 6) is 0.622. The van der Waals surface area contributed by atoms with Gasteiger partial charge in [-0.2, -0.15) is 0 Å². The molecule has 0 bridgehead atoms. The summed E-state index contributed by atoms with van der Waals surface area (Å²) < 4.78 is 1.80. The molecule has 6 heteroatoms. The first kappa shape index (κ1) is 19.0. The Morgan fingerprint density at radius 3 is 2.67 bits per heavy atom. The quantitative estimate of drug-likeness (QED) is 0.476. The first-order valence-corrected chi connectivity index (χ1v) is 11.3. The van der Waals surface area contributed by atoms with Crippen LogP contribution < -0.4 is 10.9 Å². The van der Waals surface area contributed by atoms with Gasteiger partial charge in [-0.25, -0.2) is 4.98 Å². The van der Waals surface area contributed by atoms with Crippen molar-refractivity contribution in [3.63, 3.8) is 0 Å². The summed E-state index contributed by atoms with van der Waals surface area (Å²) in [5.41, 5.74) is 3.45. The molecule has 30 heavy (non-hydrogen) atoms. The van der Waals surface area contributed by atoms with Gasteiger partial charge in [-0.15, -0.1) is 11.3 Å². The van der Waals surface area contributed by atoms with Crippen molar-refractivity contribution in [3.05, 3.63) is 86.8 Å². The first-order chi connectivity index (χ1) is 14.8. The fourth-order valence-corrected chi connectivity index (χ4v) is 5.40. The number of anilines is 1. The number of hydrogen-bond donors (Lipinski definition) is 1. The lowest BCUT2D eigenvalue weighted by Crippen LogP contribution is -2.26. The van der Waals surface area contributed by atoms with Crippen LogP contribution in [0, 0.1) is 0 Å². The Balaban J connectivity index is 1.61. The van der Waals surface area contributed by atoms with E-state index in [1.807, 2.05) is 36.5 Å². The number of hydrogen-bond acceptors (Lipinski definition) is 5. The predicted octanol–water partition coefficient (Wildman–Crippen LogP) is 4.78. The van der Waals surface area contributed by atoms with Gasteiger partial charge < -0.3 is 5.32 Å². The Kier molecular flexibility index (Phi) is 5.32. The Labute approximate surface area is 179 Å². The van der Waals surface area contributed by atoms with Crippen molar-refractivity contribution in [1.82, 2.24) is 14.5 Å². The van der Waals surface area contributed by atoms with E-state index in [0.29, 0.717) is 19.0 Å². The number of benzene rings is 1. The number of nitrogens with one attached hydrogen (secondary N) is 1. The third kappa shape index (κ3) is 3.75. The lowest BCUT2D eigenvalue weighted by atomic mass is 10.1. The van der Waals surface area contributed by atoms with Crippen LogP contribution in [0.2, 0.25) is 0 Å². The highest BCUT2D eigenvalue weighted by atomic mass is 32.1. The SMILES string of the molecule is O=c1c2c3c(sc2nc(NCc2cccnc2)n1Cc1ccccc1)CCCCC3. The molecular formula is C24H24N4OS. The maximum absolute atomic E-state index is 13.7. The largest absolute Gasteiger partial charge is 0.351 e. The molecular weight excluding hydrogens is 392 g/mol. The number of rotatable bonds is 5. The van der Waals surface area contributed by atoms with Crippen LogP contribution in [0.4, 0.5) is 5.95 Å². The molecule has 0 saturated carbocycles. The lowest BCUT2D eigenvalue weighted by molar-refractivity contribution is 0.712. The van der Waals surface area contributed by atoms with Crippen LogP contribution >= 0.6 is 11.3 Å². The topological polar surface area (TPSA) is 59.8 Å². The van der Waals surface area contributed by atoms with Crippen molar-refractivity contribution in [2.75, 3.05) is 5.32 Å². The number of fused-ring (bicyclic) bond motifs is 3. The van der Waals surface area contributed by atoms with Crippen LogP contribution in [0.25, 0.3) is 10.2 Å². The third-order valence-corrected chi connectivity index (χ3v) is 6.87. The minimum Gasteiger partial charge on any atom is -0.351 e. The highest BCUT2D eigenvalue weighted by Crippen LogP contribution is 2.33. The van der Waals surface area contributed by atoms with Crippen molar-refractivity contribution >= 4 is 27.5 Å². The summed E-state index contributed by atoms with van der Waals surface area (Å²) in [4.78, 5) is 25.0. The molecule has 1 aliphatic rings. The van der Waals surface area contributed by atoms with E-state index in [2.05, 4.69) is 22.4 Å². The molecule has 0 atom stereocenters. The van der Waals surface area contributed by atoms with Gasteiger partial charge in [0.15, 0.2) is 0 Å². The van der Waals surface area contributed by atoms with Gasteiger partial charge in [-0.05, 0) is 48.4 Å². The molecule has 0 fully saturated rings. The minimum atomic E-state index is 0.0666. The molecule has 3 heterocycles. The van der Waals surface area contributed by atoms with Gasteiger partial charge in [-0.1, -0.05) is 42.8 Å². The van der Waals surface area contributed by atoms with Gasteiger partial charge in [0.25, 0.3) is 5.56 Å². The molecule has 1 aliphatic carbocycles. The zero-order valence-corrected chi connectivity index (χ0v) is 17.6. The van der Waals surface area contributed by atoms with Crippen LogP contribution in [0.3, 0.4) is 0 Å². The summed E-state index contributed by atoms with van der Waals surface area (Å²) in [6.07, 6.45) is 9.23. The standard InChI is InChI=1S/C24H24N4OS/c29-23-21-19-11-5-2-6-12-20(19)30-22(21)27-24(26-15-18-10-7-13-25-14-18)28(23)16-17-8-3-1-4-9-17/h1,3-4,7-10,13-14H,2,5-6,11-12,15-16H2,(H,26,27). The van der Waals surface area contributed by atoms with Crippen molar-refractivity contribution in [2.45, 2.75) is 45.2 Å². The van der Waals surface area contributed by atoms with Crippen LogP contribution in [0.15, 0.2) is 59.7 Å². The molecule has 1 aromatic carbocycles. The average Bonchev–Trinajstić information content (AvgIpc) is 2.97. The fraction of sp³-hybridized carbons (Fsp3) is 0.292. The van der Waals surface area contributed by atoms with Crippen LogP contribution in [-0.2, 0) is 25.9 Å². The second-order valence-electron chi connectivity index (χ2n) is 7.77. The maximum Gasteiger partial charge on any atom is 0.264 e.